The molecule has 0 aromatic heterocycles. The fourth-order valence-corrected chi connectivity index (χ4v) is 2.39. The van der Waals surface area contributed by atoms with Crippen molar-refractivity contribution in [2.45, 2.75) is 31.7 Å². The molecule has 2 rings (SSSR count). The molecule has 0 spiro atoms. The van der Waals surface area contributed by atoms with Crippen molar-refractivity contribution in [2.24, 2.45) is 5.92 Å². The normalized spacial score (nSPS) is 22.8. The van der Waals surface area contributed by atoms with Crippen molar-refractivity contribution < 1.29 is 19.1 Å². The fraction of sp³-hybridized carbons (Fsp3) is 0.429. The zero-order valence-electron chi connectivity index (χ0n) is 10.4. The van der Waals surface area contributed by atoms with E-state index in [0.717, 1.165) is 0 Å². The van der Waals surface area contributed by atoms with Gasteiger partial charge in [-0.3, -0.25) is 9.59 Å². The number of carbonyl (C=O) groups excluding carboxylic acids is 1. The van der Waals surface area contributed by atoms with Crippen LogP contribution in [0.25, 0.3) is 0 Å². The van der Waals surface area contributed by atoms with E-state index in [1.165, 1.54) is 18.2 Å². The summed E-state index contributed by atoms with van der Waals surface area (Å²) in [5.41, 5.74) is 0.0304. The number of benzene rings is 1. The topological polar surface area (TPSA) is 66.4 Å². The van der Waals surface area contributed by atoms with Crippen LogP contribution in [0.2, 0.25) is 0 Å². The molecule has 0 unspecified atom stereocenters. The number of amides is 1. The molecule has 1 saturated carbocycles. The Morgan fingerprint density at radius 2 is 1.79 bits per heavy atom. The highest BCUT2D eigenvalue weighted by molar-refractivity contribution is 5.94. The number of hydrogen-bond acceptors (Lipinski definition) is 2. The first-order chi connectivity index (χ1) is 9.08. The van der Waals surface area contributed by atoms with E-state index in [2.05, 4.69) is 5.32 Å². The maximum Gasteiger partial charge on any atom is 0.306 e. The van der Waals surface area contributed by atoms with Gasteiger partial charge >= 0.3 is 5.97 Å². The number of nitrogens with one attached hydrogen (secondary N) is 1. The second kappa shape index (κ2) is 5.82. The molecule has 102 valence electrons. The van der Waals surface area contributed by atoms with Crippen LogP contribution in [0.3, 0.4) is 0 Å². The maximum atomic E-state index is 13.4. The maximum absolute atomic E-state index is 13.4. The summed E-state index contributed by atoms with van der Waals surface area (Å²) in [6, 6.07) is 5.76. The van der Waals surface area contributed by atoms with Gasteiger partial charge in [-0.05, 0) is 37.8 Å². The quantitative estimate of drug-likeness (QED) is 0.880. The third-order valence-electron chi connectivity index (χ3n) is 3.53. The predicted molar refractivity (Wildman–Crippen MR) is 67.2 cm³/mol. The molecule has 0 radical (unpaired) electrons. The van der Waals surface area contributed by atoms with Gasteiger partial charge in [-0.15, -0.1) is 0 Å². The molecule has 0 bridgehead atoms. The van der Waals surface area contributed by atoms with Crippen LogP contribution in [0.15, 0.2) is 24.3 Å². The van der Waals surface area contributed by atoms with E-state index in [1.54, 1.807) is 6.07 Å². The smallest absolute Gasteiger partial charge is 0.306 e. The molecule has 19 heavy (non-hydrogen) atoms. The van der Waals surface area contributed by atoms with Crippen LogP contribution < -0.4 is 5.32 Å². The molecule has 2 N–H and O–H groups in total. The SMILES string of the molecule is O=C(NC1CCC(C(=O)O)CC1)c1ccccc1F. The number of rotatable bonds is 3. The molecule has 1 aromatic carbocycles. The standard InChI is InChI=1S/C14H16FNO3/c15-12-4-2-1-3-11(12)13(17)16-10-7-5-9(6-8-10)14(18)19/h1-4,9-10H,5-8H2,(H,16,17)(H,18,19). The monoisotopic (exact) mass is 265 g/mol. The van der Waals surface area contributed by atoms with Crippen molar-refractivity contribution in [3.8, 4) is 0 Å². The summed E-state index contributed by atoms with van der Waals surface area (Å²) in [6.45, 7) is 0. The lowest BCUT2D eigenvalue weighted by Gasteiger charge is -2.26. The summed E-state index contributed by atoms with van der Waals surface area (Å²) in [5.74, 6) is -2.07. The van der Waals surface area contributed by atoms with Crippen molar-refractivity contribution >= 4 is 11.9 Å². The highest BCUT2D eigenvalue weighted by Gasteiger charge is 2.27. The summed E-state index contributed by atoms with van der Waals surface area (Å²) in [6.07, 6.45) is 2.35. The first kappa shape index (κ1) is 13.5. The van der Waals surface area contributed by atoms with E-state index < -0.39 is 17.7 Å². The van der Waals surface area contributed by atoms with E-state index in [-0.39, 0.29) is 17.5 Å². The molecule has 0 aliphatic heterocycles. The highest BCUT2D eigenvalue weighted by Crippen LogP contribution is 2.24. The van der Waals surface area contributed by atoms with Crippen LogP contribution in [0.5, 0.6) is 0 Å². The molecule has 1 fully saturated rings. The van der Waals surface area contributed by atoms with Crippen molar-refractivity contribution in [3.05, 3.63) is 35.6 Å². The zero-order valence-corrected chi connectivity index (χ0v) is 10.4. The number of hydrogen-bond donors (Lipinski definition) is 2. The van der Waals surface area contributed by atoms with Crippen molar-refractivity contribution in [3.63, 3.8) is 0 Å². The number of aliphatic carboxylic acids is 1. The molecule has 1 aliphatic rings. The minimum absolute atomic E-state index is 0.0304. The van der Waals surface area contributed by atoms with Crippen LogP contribution in [-0.2, 0) is 4.79 Å². The molecule has 1 aliphatic carbocycles. The lowest BCUT2D eigenvalue weighted by atomic mass is 9.86. The van der Waals surface area contributed by atoms with Crippen LogP contribution in [0.1, 0.15) is 36.0 Å². The van der Waals surface area contributed by atoms with Gasteiger partial charge in [0, 0.05) is 6.04 Å². The Labute approximate surface area is 110 Å². The lowest BCUT2D eigenvalue weighted by molar-refractivity contribution is -0.142. The molecule has 0 saturated heterocycles. The summed E-state index contributed by atoms with van der Waals surface area (Å²) in [4.78, 5) is 22.7. The van der Waals surface area contributed by atoms with Crippen molar-refractivity contribution in [1.82, 2.24) is 5.32 Å². The minimum atomic E-state index is -0.779. The summed E-state index contributed by atoms with van der Waals surface area (Å²) >= 11 is 0. The highest BCUT2D eigenvalue weighted by atomic mass is 19.1. The van der Waals surface area contributed by atoms with Gasteiger partial charge in [0.15, 0.2) is 0 Å². The van der Waals surface area contributed by atoms with Crippen LogP contribution >= 0.6 is 0 Å². The number of carboxylic acid groups (broad SMARTS) is 1. The summed E-state index contributed by atoms with van der Waals surface area (Å²) in [5, 5.41) is 11.6. The second-order valence-corrected chi connectivity index (χ2v) is 4.84. The number of carboxylic acids is 1. The Morgan fingerprint density at radius 1 is 1.16 bits per heavy atom. The van der Waals surface area contributed by atoms with Gasteiger partial charge in [0.1, 0.15) is 5.82 Å². The summed E-state index contributed by atoms with van der Waals surface area (Å²) in [7, 11) is 0. The Bertz CT molecular complexity index is 481. The first-order valence-corrected chi connectivity index (χ1v) is 6.36. The van der Waals surface area contributed by atoms with Crippen LogP contribution in [0.4, 0.5) is 4.39 Å². The molecule has 1 amide bonds. The number of halogens is 1. The van der Waals surface area contributed by atoms with E-state index in [9.17, 15) is 14.0 Å². The van der Waals surface area contributed by atoms with Gasteiger partial charge < -0.3 is 10.4 Å². The molecule has 0 heterocycles. The third-order valence-corrected chi connectivity index (χ3v) is 3.53. The van der Waals surface area contributed by atoms with Gasteiger partial charge in [-0.25, -0.2) is 4.39 Å². The molecular weight excluding hydrogens is 249 g/mol. The van der Waals surface area contributed by atoms with Gasteiger partial charge in [0.25, 0.3) is 5.91 Å². The molecule has 0 atom stereocenters. The molecule has 1 aromatic rings. The Hall–Kier alpha value is -1.91. The van der Waals surface area contributed by atoms with E-state index in [1.807, 2.05) is 0 Å². The van der Waals surface area contributed by atoms with Gasteiger partial charge in [0.05, 0.1) is 11.5 Å². The predicted octanol–water partition coefficient (Wildman–Crippen LogP) is 2.20. The fourth-order valence-electron chi connectivity index (χ4n) is 2.39. The molecule has 5 heteroatoms. The first-order valence-electron chi connectivity index (χ1n) is 6.36. The van der Waals surface area contributed by atoms with E-state index in [0.29, 0.717) is 25.7 Å². The Kier molecular flexibility index (Phi) is 4.14. The second-order valence-electron chi connectivity index (χ2n) is 4.84. The zero-order chi connectivity index (χ0) is 13.8. The van der Waals surface area contributed by atoms with Crippen LogP contribution in [-0.4, -0.2) is 23.0 Å². The van der Waals surface area contributed by atoms with Gasteiger partial charge in [0.2, 0.25) is 0 Å². The largest absolute Gasteiger partial charge is 0.481 e. The van der Waals surface area contributed by atoms with Crippen molar-refractivity contribution in [1.29, 1.82) is 0 Å². The average Bonchev–Trinajstić information content (AvgIpc) is 2.39. The molecular formula is C14H16FNO3. The van der Waals surface area contributed by atoms with Crippen molar-refractivity contribution in [2.75, 3.05) is 0 Å². The minimum Gasteiger partial charge on any atom is -0.481 e. The summed E-state index contributed by atoms with van der Waals surface area (Å²) < 4.78 is 13.4. The van der Waals surface area contributed by atoms with Gasteiger partial charge in [-0.2, -0.15) is 0 Å². The lowest BCUT2D eigenvalue weighted by Crippen LogP contribution is -2.39. The molecule has 4 nitrogen and oxygen atoms in total. The third kappa shape index (κ3) is 3.30. The number of carbonyl (C=O) groups is 2. The van der Waals surface area contributed by atoms with E-state index >= 15 is 0 Å². The average molecular weight is 265 g/mol. The Balaban J connectivity index is 1.91. The Morgan fingerprint density at radius 3 is 2.37 bits per heavy atom. The van der Waals surface area contributed by atoms with E-state index in [4.69, 9.17) is 5.11 Å². The van der Waals surface area contributed by atoms with Gasteiger partial charge in [-0.1, -0.05) is 12.1 Å². The van der Waals surface area contributed by atoms with Crippen LogP contribution in [0, 0.1) is 11.7 Å².